The number of rotatable bonds is 3. The second-order valence-corrected chi connectivity index (χ2v) is 7.75. The number of fused-ring (bicyclic) bond motifs is 3. The molecule has 6 nitrogen and oxygen atoms in total. The fourth-order valence-electron chi connectivity index (χ4n) is 3.12. The number of amides is 1. The lowest BCUT2D eigenvalue weighted by Gasteiger charge is -2.30. The first-order chi connectivity index (χ1) is 13.6. The van der Waals surface area contributed by atoms with E-state index in [1.807, 2.05) is 61.0 Å². The van der Waals surface area contributed by atoms with Crippen LogP contribution in [-0.4, -0.2) is 33.6 Å². The molecule has 0 spiro atoms. The van der Waals surface area contributed by atoms with Crippen molar-refractivity contribution < 1.29 is 9.53 Å². The number of para-hydroxylation sites is 1. The van der Waals surface area contributed by atoms with Gasteiger partial charge >= 0.3 is 0 Å². The van der Waals surface area contributed by atoms with Gasteiger partial charge in [0.05, 0.1) is 5.69 Å². The lowest BCUT2D eigenvalue weighted by atomic mass is 10.1. The Morgan fingerprint density at radius 1 is 1.04 bits per heavy atom. The third-order valence-electron chi connectivity index (χ3n) is 4.43. The van der Waals surface area contributed by atoms with Gasteiger partial charge in [0.25, 0.3) is 0 Å². The van der Waals surface area contributed by atoms with Crippen molar-refractivity contribution >= 4 is 35.1 Å². The van der Waals surface area contributed by atoms with Gasteiger partial charge in [-0.2, -0.15) is 4.98 Å². The molecule has 2 aromatic carbocycles. The Morgan fingerprint density at radius 3 is 2.46 bits per heavy atom. The first-order valence-electron chi connectivity index (χ1n) is 8.61. The molecule has 28 heavy (non-hydrogen) atoms. The Balaban J connectivity index is 1.93. The number of hydrogen-bond acceptors (Lipinski definition) is 7. The van der Waals surface area contributed by atoms with Crippen molar-refractivity contribution in [2.45, 2.75) is 23.2 Å². The van der Waals surface area contributed by atoms with Crippen molar-refractivity contribution in [1.29, 1.82) is 0 Å². The molecule has 3 aromatic rings. The predicted molar refractivity (Wildman–Crippen MR) is 112 cm³/mol. The number of hydrogen-bond donors (Lipinski definition) is 0. The largest absolute Gasteiger partial charge is 0.447 e. The normalized spacial score (nSPS) is 15.2. The minimum Gasteiger partial charge on any atom is -0.447 e. The molecule has 2 heterocycles. The number of carbonyl (C=O) groups is 1. The van der Waals surface area contributed by atoms with E-state index in [0.29, 0.717) is 16.7 Å². The highest BCUT2D eigenvalue weighted by atomic mass is 32.2. The van der Waals surface area contributed by atoms with Gasteiger partial charge < -0.3 is 4.74 Å². The van der Waals surface area contributed by atoms with Crippen LogP contribution in [0.3, 0.4) is 0 Å². The fraction of sp³-hybridized carbons (Fsp3) is 0.200. The molecular weight excluding hydrogens is 392 g/mol. The van der Waals surface area contributed by atoms with Crippen LogP contribution in [0.15, 0.2) is 58.6 Å². The van der Waals surface area contributed by atoms with Crippen LogP contribution in [0.2, 0.25) is 0 Å². The summed E-state index contributed by atoms with van der Waals surface area (Å²) >= 11 is 3.05. The molecule has 142 valence electrons. The van der Waals surface area contributed by atoms with E-state index >= 15 is 0 Å². The smallest absolute Gasteiger partial charge is 0.247 e. The Bertz CT molecular complexity index is 1030. The summed E-state index contributed by atoms with van der Waals surface area (Å²) in [7, 11) is 0. The van der Waals surface area contributed by atoms with E-state index in [1.165, 1.54) is 18.7 Å². The summed E-state index contributed by atoms with van der Waals surface area (Å²) in [5.74, 6) is 0.242. The van der Waals surface area contributed by atoms with Gasteiger partial charge in [-0.1, -0.05) is 42.1 Å². The molecule has 8 heteroatoms. The Kier molecular flexibility index (Phi) is 5.23. The van der Waals surface area contributed by atoms with E-state index in [1.54, 1.807) is 16.7 Å². The standard InChI is InChI=1S/C20H18N4O2S2/c1-12(25)24-16-7-5-4-6-15(16)17-18(21-20(28-3)23-22-17)26-19(24)13-8-10-14(27-2)11-9-13/h4-11,19H,1-3H3. The van der Waals surface area contributed by atoms with E-state index in [-0.39, 0.29) is 5.91 Å². The second kappa shape index (κ2) is 7.81. The molecule has 0 fully saturated rings. The van der Waals surface area contributed by atoms with E-state index in [2.05, 4.69) is 15.2 Å². The summed E-state index contributed by atoms with van der Waals surface area (Å²) in [6.45, 7) is 1.53. The SMILES string of the molecule is CSc1ccc(C2Oc3nc(SC)nnc3-c3ccccc3N2C(C)=O)cc1. The van der Waals surface area contributed by atoms with Crippen LogP contribution in [0, 0.1) is 0 Å². The number of ether oxygens (including phenoxy) is 1. The highest BCUT2D eigenvalue weighted by molar-refractivity contribution is 7.98. The van der Waals surface area contributed by atoms with Gasteiger partial charge in [0.2, 0.25) is 23.2 Å². The van der Waals surface area contributed by atoms with Crippen LogP contribution in [0.1, 0.15) is 18.7 Å². The topological polar surface area (TPSA) is 68.2 Å². The molecule has 0 radical (unpaired) electrons. The van der Waals surface area contributed by atoms with Crippen molar-refractivity contribution in [3.05, 3.63) is 54.1 Å². The van der Waals surface area contributed by atoms with Crippen molar-refractivity contribution in [2.24, 2.45) is 0 Å². The predicted octanol–water partition coefficient (Wildman–Crippen LogP) is 4.43. The molecule has 1 aromatic heterocycles. The highest BCUT2D eigenvalue weighted by Crippen LogP contribution is 2.43. The molecule has 0 saturated carbocycles. The molecule has 0 saturated heterocycles. The molecule has 4 rings (SSSR count). The maximum atomic E-state index is 12.7. The molecular formula is C20H18N4O2S2. The van der Waals surface area contributed by atoms with Gasteiger partial charge in [-0.05, 0) is 30.7 Å². The van der Waals surface area contributed by atoms with Gasteiger partial charge in [0.1, 0.15) is 0 Å². The van der Waals surface area contributed by atoms with Gasteiger partial charge in [0.15, 0.2) is 5.69 Å². The zero-order valence-corrected chi connectivity index (χ0v) is 17.3. The second-order valence-electron chi connectivity index (χ2n) is 6.10. The summed E-state index contributed by atoms with van der Waals surface area (Å²) in [6, 6.07) is 15.6. The first kappa shape index (κ1) is 18.8. The third-order valence-corrected chi connectivity index (χ3v) is 5.72. The Morgan fingerprint density at radius 2 is 1.79 bits per heavy atom. The van der Waals surface area contributed by atoms with E-state index in [9.17, 15) is 4.79 Å². The summed E-state index contributed by atoms with van der Waals surface area (Å²) in [5, 5.41) is 9.02. The maximum absolute atomic E-state index is 12.7. The summed E-state index contributed by atoms with van der Waals surface area (Å²) in [6.07, 6.45) is 3.26. The van der Waals surface area contributed by atoms with E-state index in [4.69, 9.17) is 4.74 Å². The lowest BCUT2D eigenvalue weighted by Crippen LogP contribution is -2.36. The number of thioether (sulfide) groups is 2. The summed E-state index contributed by atoms with van der Waals surface area (Å²) in [5.41, 5.74) is 2.88. The van der Waals surface area contributed by atoms with Gasteiger partial charge in [-0.25, -0.2) is 0 Å². The van der Waals surface area contributed by atoms with Crippen molar-refractivity contribution in [3.63, 3.8) is 0 Å². The zero-order valence-electron chi connectivity index (χ0n) is 15.6. The first-order valence-corrected chi connectivity index (χ1v) is 11.1. The average molecular weight is 411 g/mol. The molecule has 1 aliphatic heterocycles. The molecule has 1 atom stereocenters. The third kappa shape index (κ3) is 3.33. The molecule has 0 N–H and O–H groups in total. The minimum absolute atomic E-state index is 0.128. The van der Waals surface area contributed by atoms with Gasteiger partial charge in [-0.3, -0.25) is 9.69 Å². The van der Waals surface area contributed by atoms with E-state index < -0.39 is 6.23 Å². The number of nitrogens with zero attached hydrogens (tertiary/aromatic N) is 4. The van der Waals surface area contributed by atoms with Crippen LogP contribution < -0.4 is 9.64 Å². The molecule has 0 bridgehead atoms. The van der Waals surface area contributed by atoms with E-state index in [0.717, 1.165) is 21.7 Å². The quantitative estimate of drug-likeness (QED) is 0.592. The fourth-order valence-corrected chi connectivity index (χ4v) is 3.83. The lowest BCUT2D eigenvalue weighted by molar-refractivity contribution is -0.118. The van der Waals surface area contributed by atoms with Crippen LogP contribution in [-0.2, 0) is 4.79 Å². The van der Waals surface area contributed by atoms with Crippen molar-refractivity contribution in [3.8, 4) is 17.1 Å². The number of aromatic nitrogens is 3. The Hall–Kier alpha value is -2.58. The average Bonchev–Trinajstić information content (AvgIpc) is 2.87. The number of anilines is 1. The van der Waals surface area contributed by atoms with Crippen molar-refractivity contribution in [1.82, 2.24) is 15.2 Å². The minimum atomic E-state index is -0.651. The molecule has 1 amide bonds. The van der Waals surface area contributed by atoms with Gasteiger partial charge in [0, 0.05) is 22.9 Å². The monoisotopic (exact) mass is 410 g/mol. The van der Waals surface area contributed by atoms with Crippen LogP contribution >= 0.6 is 23.5 Å². The number of carbonyl (C=O) groups excluding carboxylic acids is 1. The summed E-state index contributed by atoms with van der Waals surface area (Å²) < 4.78 is 6.29. The zero-order chi connectivity index (χ0) is 19.7. The van der Waals surface area contributed by atoms with Crippen LogP contribution in [0.5, 0.6) is 5.88 Å². The maximum Gasteiger partial charge on any atom is 0.247 e. The van der Waals surface area contributed by atoms with Crippen LogP contribution in [0.4, 0.5) is 5.69 Å². The Labute approximate surface area is 171 Å². The van der Waals surface area contributed by atoms with Gasteiger partial charge in [-0.15, -0.1) is 22.0 Å². The van der Waals surface area contributed by atoms with Crippen molar-refractivity contribution in [2.75, 3.05) is 17.4 Å². The number of benzene rings is 2. The molecule has 1 aliphatic rings. The molecule has 0 aliphatic carbocycles. The summed E-state index contributed by atoms with van der Waals surface area (Å²) in [4.78, 5) is 20.0. The molecule has 1 unspecified atom stereocenters. The highest BCUT2D eigenvalue weighted by Gasteiger charge is 2.34. The van der Waals surface area contributed by atoms with Crippen LogP contribution in [0.25, 0.3) is 11.3 Å².